The summed E-state index contributed by atoms with van der Waals surface area (Å²) in [7, 11) is 0. The number of aryl methyl sites for hydroxylation is 2. The molecule has 2 aliphatic rings. The topological polar surface area (TPSA) is 58.5 Å². The van der Waals surface area contributed by atoms with Gasteiger partial charge in [0.1, 0.15) is 5.82 Å². The maximum Gasteiger partial charge on any atom is 0.170 e. The predicted molar refractivity (Wildman–Crippen MR) is 137 cm³/mol. The molecule has 34 heavy (non-hydrogen) atoms. The van der Waals surface area contributed by atoms with Crippen molar-refractivity contribution in [3.05, 3.63) is 77.0 Å². The van der Waals surface area contributed by atoms with Crippen molar-refractivity contribution in [1.29, 1.82) is 0 Å². The van der Waals surface area contributed by atoms with Gasteiger partial charge < -0.3 is 19.5 Å². The third-order valence-electron chi connectivity index (χ3n) is 6.87. The van der Waals surface area contributed by atoms with Gasteiger partial charge in [0, 0.05) is 50.0 Å². The molecule has 178 valence electrons. The van der Waals surface area contributed by atoms with Crippen LogP contribution in [-0.2, 0) is 4.74 Å². The lowest BCUT2D eigenvalue weighted by molar-refractivity contribution is 0.0350. The Morgan fingerprint density at radius 3 is 2.59 bits per heavy atom. The lowest BCUT2D eigenvalue weighted by Gasteiger charge is -2.32. The van der Waals surface area contributed by atoms with Crippen molar-refractivity contribution >= 4 is 17.3 Å². The number of pyridine rings is 2. The number of aromatic nitrogens is 3. The first-order chi connectivity index (χ1) is 16.5. The lowest BCUT2D eigenvalue weighted by Crippen LogP contribution is -2.42. The first-order valence-corrected chi connectivity index (χ1v) is 12.3. The van der Waals surface area contributed by atoms with Crippen LogP contribution >= 0.6 is 12.2 Å². The van der Waals surface area contributed by atoms with Crippen molar-refractivity contribution in [2.75, 3.05) is 39.4 Å². The van der Waals surface area contributed by atoms with Crippen LogP contribution in [0.2, 0.25) is 0 Å². The van der Waals surface area contributed by atoms with Crippen LogP contribution < -0.4 is 5.32 Å². The maximum absolute atomic E-state index is 5.88. The summed E-state index contributed by atoms with van der Waals surface area (Å²) in [5, 5.41) is 4.37. The van der Waals surface area contributed by atoms with Gasteiger partial charge in [-0.15, -0.1) is 0 Å². The smallest absolute Gasteiger partial charge is 0.170 e. The third-order valence-corrected chi connectivity index (χ3v) is 7.22. The van der Waals surface area contributed by atoms with Crippen LogP contribution in [0.1, 0.15) is 40.3 Å². The number of hydrogen-bond acceptors (Lipinski definition) is 5. The van der Waals surface area contributed by atoms with E-state index in [0.717, 1.165) is 67.3 Å². The Morgan fingerprint density at radius 1 is 1.06 bits per heavy atom. The highest BCUT2D eigenvalue weighted by atomic mass is 32.1. The van der Waals surface area contributed by atoms with Gasteiger partial charge in [-0.2, -0.15) is 0 Å². The summed E-state index contributed by atoms with van der Waals surface area (Å²) in [5.41, 5.74) is 5.75. The highest BCUT2D eigenvalue weighted by Crippen LogP contribution is 2.41. The Bertz CT molecular complexity index is 1140. The molecule has 3 aromatic heterocycles. The van der Waals surface area contributed by atoms with E-state index in [1.165, 1.54) is 11.3 Å². The Hall–Kier alpha value is -2.81. The zero-order chi connectivity index (χ0) is 23.7. The molecule has 1 N–H and O–H groups in total. The van der Waals surface area contributed by atoms with E-state index in [9.17, 15) is 0 Å². The number of nitrogens with zero attached hydrogens (tertiary/aromatic N) is 5. The van der Waals surface area contributed by atoms with Crippen LogP contribution in [0, 0.1) is 20.8 Å². The summed E-state index contributed by atoms with van der Waals surface area (Å²) in [6.07, 6.45) is 3.78. The van der Waals surface area contributed by atoms with E-state index in [1.807, 2.05) is 24.5 Å². The molecule has 0 bridgehead atoms. The van der Waals surface area contributed by atoms with Gasteiger partial charge >= 0.3 is 0 Å². The molecule has 0 radical (unpaired) electrons. The fourth-order valence-corrected chi connectivity index (χ4v) is 5.42. The molecule has 5 rings (SSSR count). The Morgan fingerprint density at radius 2 is 1.88 bits per heavy atom. The standard InChI is InChI=1S/C26H32N6OS/c1-18-7-8-23(28-17-18)32-19(2)16-21(20(32)3)25-24(22-6-4-5-9-27-22)29-26(34)31(25)11-10-30-12-14-33-15-13-30/h4-9,16-17,24-25H,10-15H2,1-3H3,(H,29,34)/t24-,25+/m1/s1. The minimum absolute atomic E-state index is 0.0154. The van der Waals surface area contributed by atoms with E-state index in [0.29, 0.717) is 0 Å². The third kappa shape index (κ3) is 4.45. The largest absolute Gasteiger partial charge is 0.379 e. The van der Waals surface area contributed by atoms with Gasteiger partial charge in [0.2, 0.25) is 0 Å². The van der Waals surface area contributed by atoms with Crippen LogP contribution in [0.15, 0.2) is 48.8 Å². The average Bonchev–Trinajstić information content (AvgIpc) is 3.34. The second kappa shape index (κ2) is 9.82. The number of thiocarbonyl (C=S) groups is 1. The summed E-state index contributed by atoms with van der Waals surface area (Å²) >= 11 is 5.88. The highest BCUT2D eigenvalue weighted by molar-refractivity contribution is 7.80. The van der Waals surface area contributed by atoms with E-state index >= 15 is 0 Å². The van der Waals surface area contributed by atoms with Gasteiger partial charge in [-0.25, -0.2) is 4.98 Å². The summed E-state index contributed by atoms with van der Waals surface area (Å²) in [6.45, 7) is 11.7. The molecular formula is C26H32N6OS. The first kappa shape index (κ1) is 23.0. The number of rotatable bonds is 6. The van der Waals surface area contributed by atoms with E-state index < -0.39 is 0 Å². The molecule has 0 aromatic carbocycles. The number of ether oxygens (including phenoxy) is 1. The van der Waals surface area contributed by atoms with Gasteiger partial charge in [0.25, 0.3) is 0 Å². The zero-order valence-electron chi connectivity index (χ0n) is 20.1. The molecule has 3 aromatic rings. The molecular weight excluding hydrogens is 444 g/mol. The van der Waals surface area contributed by atoms with E-state index in [1.54, 1.807) is 0 Å². The van der Waals surface area contributed by atoms with Crippen molar-refractivity contribution in [1.82, 2.24) is 29.7 Å². The quantitative estimate of drug-likeness (QED) is 0.547. The molecule has 0 aliphatic carbocycles. The van der Waals surface area contributed by atoms with Gasteiger partial charge in [-0.3, -0.25) is 9.88 Å². The van der Waals surface area contributed by atoms with Crippen LogP contribution in [0.5, 0.6) is 0 Å². The molecule has 2 saturated heterocycles. The minimum Gasteiger partial charge on any atom is -0.379 e. The minimum atomic E-state index is -0.0154. The number of nitrogens with one attached hydrogen (secondary N) is 1. The molecule has 7 nitrogen and oxygen atoms in total. The van der Waals surface area contributed by atoms with E-state index in [2.05, 4.69) is 69.7 Å². The first-order valence-electron chi connectivity index (χ1n) is 11.9. The Balaban J connectivity index is 1.52. The fraction of sp³-hybridized carbons (Fsp3) is 0.423. The summed E-state index contributed by atoms with van der Waals surface area (Å²) in [5.74, 6) is 0.939. The van der Waals surface area contributed by atoms with Crippen molar-refractivity contribution in [3.8, 4) is 5.82 Å². The zero-order valence-corrected chi connectivity index (χ0v) is 20.9. The van der Waals surface area contributed by atoms with Crippen molar-refractivity contribution < 1.29 is 4.74 Å². The second-order valence-electron chi connectivity index (χ2n) is 9.13. The molecule has 5 heterocycles. The van der Waals surface area contributed by atoms with Crippen LogP contribution in [0.3, 0.4) is 0 Å². The molecule has 2 fully saturated rings. The average molecular weight is 477 g/mol. The van der Waals surface area contributed by atoms with Crippen molar-refractivity contribution in [2.45, 2.75) is 32.9 Å². The summed E-state index contributed by atoms with van der Waals surface area (Å²) in [4.78, 5) is 14.2. The monoisotopic (exact) mass is 476 g/mol. The molecule has 0 saturated carbocycles. The predicted octanol–water partition coefficient (Wildman–Crippen LogP) is 3.50. The molecule has 0 spiro atoms. The van der Waals surface area contributed by atoms with E-state index in [4.69, 9.17) is 21.9 Å². The number of hydrogen-bond donors (Lipinski definition) is 1. The number of morpholine rings is 1. The van der Waals surface area contributed by atoms with Crippen LogP contribution in [-0.4, -0.2) is 68.8 Å². The van der Waals surface area contributed by atoms with Gasteiger partial charge in [-0.05, 0) is 68.4 Å². The normalized spacial score (nSPS) is 21.1. The molecule has 0 amide bonds. The van der Waals surface area contributed by atoms with E-state index in [-0.39, 0.29) is 12.1 Å². The summed E-state index contributed by atoms with van der Waals surface area (Å²) < 4.78 is 7.77. The fourth-order valence-electron chi connectivity index (χ4n) is 5.09. The molecule has 2 aliphatic heterocycles. The highest BCUT2D eigenvalue weighted by Gasteiger charge is 2.41. The Labute approximate surface area is 206 Å². The lowest BCUT2D eigenvalue weighted by atomic mass is 9.97. The second-order valence-corrected chi connectivity index (χ2v) is 9.52. The van der Waals surface area contributed by atoms with Crippen molar-refractivity contribution in [3.63, 3.8) is 0 Å². The Kier molecular flexibility index (Phi) is 6.63. The van der Waals surface area contributed by atoms with Gasteiger partial charge in [0.05, 0.1) is 31.0 Å². The van der Waals surface area contributed by atoms with Gasteiger partial charge in [-0.1, -0.05) is 12.1 Å². The summed E-state index contributed by atoms with van der Waals surface area (Å²) in [6, 6.07) is 12.6. The van der Waals surface area contributed by atoms with Crippen LogP contribution in [0.4, 0.5) is 0 Å². The SMILES string of the molecule is Cc1ccc(-n2c(C)cc([C@H]3[C@@H](c4ccccn4)NC(=S)N3CCN3CCOCC3)c2C)nc1. The molecule has 8 heteroatoms. The molecule has 2 atom stereocenters. The van der Waals surface area contributed by atoms with Crippen molar-refractivity contribution in [2.24, 2.45) is 0 Å². The molecule has 0 unspecified atom stereocenters. The maximum atomic E-state index is 5.88. The van der Waals surface area contributed by atoms with Crippen LogP contribution in [0.25, 0.3) is 5.82 Å². The van der Waals surface area contributed by atoms with Gasteiger partial charge in [0.15, 0.2) is 5.11 Å².